The molecule has 2 aromatic rings. The van der Waals surface area contributed by atoms with E-state index in [4.69, 9.17) is 4.74 Å². The van der Waals surface area contributed by atoms with Crippen molar-refractivity contribution in [3.8, 4) is 5.75 Å². The monoisotopic (exact) mass is 444 g/mol. The van der Waals surface area contributed by atoms with Gasteiger partial charge in [0.1, 0.15) is 5.75 Å². The third-order valence-electron chi connectivity index (χ3n) is 3.64. The molecule has 1 aromatic heterocycles. The number of amides is 1. The summed E-state index contributed by atoms with van der Waals surface area (Å²) >= 11 is 2.91. The molecule has 1 aromatic carbocycles. The van der Waals surface area contributed by atoms with Crippen LogP contribution < -0.4 is 10.1 Å². The zero-order valence-corrected chi connectivity index (χ0v) is 18.9. The summed E-state index contributed by atoms with van der Waals surface area (Å²) in [5.74, 6) is 0.317. The fourth-order valence-electron chi connectivity index (χ4n) is 2.26. The Bertz CT molecular complexity index is 926. The predicted molar refractivity (Wildman–Crippen MR) is 112 cm³/mol. The number of nitrogens with one attached hydrogen (secondary N) is 1. The molecule has 0 aliphatic heterocycles. The Kier molecular flexibility index (Phi) is 7.81. The molecule has 0 radical (unpaired) electrons. The van der Waals surface area contributed by atoms with Gasteiger partial charge in [-0.2, -0.15) is 0 Å². The van der Waals surface area contributed by atoms with Gasteiger partial charge in [0.05, 0.1) is 12.0 Å². The molecule has 0 fully saturated rings. The molecule has 1 N–H and O–H groups in total. The number of aromatic nitrogens is 2. The Morgan fingerprint density at radius 1 is 1.32 bits per heavy atom. The zero-order chi connectivity index (χ0) is 20.9. The van der Waals surface area contributed by atoms with E-state index in [0.717, 1.165) is 8.64 Å². The molecule has 0 bridgehead atoms. The minimum Gasteiger partial charge on any atom is -0.496 e. The average molecular weight is 445 g/mol. The van der Waals surface area contributed by atoms with E-state index >= 15 is 0 Å². The molecule has 11 heteroatoms. The lowest BCUT2D eigenvalue weighted by atomic mass is 10.1. The highest BCUT2D eigenvalue weighted by Crippen LogP contribution is 2.29. The number of nitrogens with zero attached hydrogens (tertiary/aromatic N) is 3. The lowest BCUT2D eigenvalue weighted by Gasteiger charge is -2.14. The third kappa shape index (κ3) is 5.90. The lowest BCUT2D eigenvalue weighted by Crippen LogP contribution is -2.22. The van der Waals surface area contributed by atoms with Crippen molar-refractivity contribution < 1.29 is 17.9 Å². The highest BCUT2D eigenvalue weighted by atomic mass is 32.2. The quantitative estimate of drug-likeness (QED) is 0.469. The smallest absolute Gasteiger partial charge is 0.242 e. The summed E-state index contributed by atoms with van der Waals surface area (Å²) in [5.41, 5.74) is 0.647. The Morgan fingerprint density at radius 2 is 2.04 bits per heavy atom. The number of methoxy groups -OCH3 is 1. The van der Waals surface area contributed by atoms with Gasteiger partial charge in [-0.25, -0.2) is 12.7 Å². The van der Waals surface area contributed by atoms with Gasteiger partial charge in [0.15, 0.2) is 4.34 Å². The van der Waals surface area contributed by atoms with Crippen LogP contribution in [-0.2, 0) is 21.2 Å². The molecule has 154 valence electrons. The van der Waals surface area contributed by atoms with Crippen molar-refractivity contribution in [2.75, 3.05) is 26.5 Å². The van der Waals surface area contributed by atoms with E-state index in [2.05, 4.69) is 29.4 Å². The van der Waals surface area contributed by atoms with E-state index < -0.39 is 10.0 Å². The minimum atomic E-state index is -3.56. The van der Waals surface area contributed by atoms with Gasteiger partial charge in [-0.15, -0.1) is 10.2 Å². The number of ether oxygens (including phenoxy) is 1. The Hall–Kier alpha value is -1.69. The van der Waals surface area contributed by atoms with Gasteiger partial charge in [0, 0.05) is 25.8 Å². The summed E-state index contributed by atoms with van der Waals surface area (Å²) in [6.07, 6.45) is 0.492. The summed E-state index contributed by atoms with van der Waals surface area (Å²) in [6, 6.07) is 4.64. The predicted octanol–water partition coefficient (Wildman–Crippen LogP) is 2.87. The van der Waals surface area contributed by atoms with Gasteiger partial charge >= 0.3 is 0 Å². The van der Waals surface area contributed by atoms with Crippen LogP contribution in [0.4, 0.5) is 5.13 Å². The zero-order valence-electron chi connectivity index (χ0n) is 16.4. The average Bonchev–Trinajstić information content (AvgIpc) is 3.05. The highest BCUT2D eigenvalue weighted by Gasteiger charge is 2.19. The number of thioether (sulfide) groups is 1. The molecule has 0 aliphatic carbocycles. The van der Waals surface area contributed by atoms with Crippen molar-refractivity contribution in [2.45, 2.75) is 41.2 Å². The number of carbonyl (C=O) groups excluding carboxylic acids is 1. The number of hydrogen-bond donors (Lipinski definition) is 1. The Morgan fingerprint density at radius 3 is 2.64 bits per heavy atom. The molecule has 1 amide bonds. The first-order valence-corrected chi connectivity index (χ1v) is 11.7. The maximum Gasteiger partial charge on any atom is 0.242 e. The normalized spacial score (nSPS) is 11.8. The van der Waals surface area contributed by atoms with Gasteiger partial charge in [-0.05, 0) is 30.2 Å². The topological polar surface area (TPSA) is 101 Å². The number of rotatable bonds is 9. The van der Waals surface area contributed by atoms with Gasteiger partial charge in [-0.3, -0.25) is 4.79 Å². The van der Waals surface area contributed by atoms with Gasteiger partial charge < -0.3 is 10.1 Å². The summed E-state index contributed by atoms with van der Waals surface area (Å²) in [5, 5.41) is 11.6. The first-order valence-electron chi connectivity index (χ1n) is 8.53. The molecule has 2 rings (SSSR count). The molecule has 0 spiro atoms. The van der Waals surface area contributed by atoms with Crippen molar-refractivity contribution in [1.29, 1.82) is 0 Å². The van der Waals surface area contributed by atoms with Crippen LogP contribution in [0.3, 0.4) is 0 Å². The van der Waals surface area contributed by atoms with Gasteiger partial charge in [0.25, 0.3) is 0 Å². The molecule has 28 heavy (non-hydrogen) atoms. The van der Waals surface area contributed by atoms with Crippen molar-refractivity contribution >= 4 is 44.2 Å². The summed E-state index contributed by atoms with van der Waals surface area (Å²) in [6.45, 7) is 4.12. The van der Waals surface area contributed by atoms with Crippen LogP contribution in [0.2, 0.25) is 0 Å². The second-order valence-electron chi connectivity index (χ2n) is 6.35. The van der Waals surface area contributed by atoms with E-state index in [1.54, 1.807) is 23.9 Å². The number of aryl methyl sites for hydroxylation is 1. The maximum absolute atomic E-state index is 12.3. The second-order valence-corrected chi connectivity index (χ2v) is 11.3. The van der Waals surface area contributed by atoms with Gasteiger partial charge in [-0.1, -0.05) is 36.9 Å². The summed E-state index contributed by atoms with van der Waals surface area (Å²) in [7, 11) is 0.893. The number of anilines is 1. The number of hydrogen-bond acceptors (Lipinski definition) is 8. The van der Waals surface area contributed by atoms with Crippen molar-refractivity contribution in [2.24, 2.45) is 0 Å². The molecule has 0 saturated heterocycles. The summed E-state index contributed by atoms with van der Waals surface area (Å²) < 4.78 is 31.9. The number of benzene rings is 1. The van der Waals surface area contributed by atoms with Crippen LogP contribution in [0.1, 0.15) is 25.8 Å². The third-order valence-corrected chi connectivity index (χ3v) is 7.38. The van der Waals surface area contributed by atoms with Gasteiger partial charge in [0.2, 0.25) is 21.1 Å². The molecule has 0 saturated carbocycles. The van der Waals surface area contributed by atoms with Crippen molar-refractivity contribution in [3.05, 3.63) is 23.8 Å². The van der Waals surface area contributed by atoms with Crippen LogP contribution in [0, 0.1) is 0 Å². The van der Waals surface area contributed by atoms with Crippen LogP contribution in [0.15, 0.2) is 27.4 Å². The Balaban J connectivity index is 2.06. The highest BCUT2D eigenvalue weighted by molar-refractivity contribution is 8.01. The van der Waals surface area contributed by atoms with E-state index in [1.807, 2.05) is 0 Å². The maximum atomic E-state index is 12.3. The molecule has 8 nitrogen and oxygen atoms in total. The van der Waals surface area contributed by atoms with Crippen LogP contribution in [0.25, 0.3) is 0 Å². The van der Waals surface area contributed by atoms with Crippen LogP contribution in [0.5, 0.6) is 5.75 Å². The van der Waals surface area contributed by atoms with E-state index in [-0.39, 0.29) is 17.2 Å². The summed E-state index contributed by atoms with van der Waals surface area (Å²) in [4.78, 5) is 12.4. The molecule has 1 heterocycles. The standard InChI is InChI=1S/C17H24N4O4S3/c1-11(2)26-17-20-19-16(27-17)18-15(22)9-6-12-10-13(7-8-14(12)25-5)28(23,24)21(3)4/h7-8,10-11H,6,9H2,1-5H3,(H,18,19,22). The molecular formula is C17H24N4O4S3. The molecule has 0 aliphatic rings. The first kappa shape index (κ1) is 22.6. The fraction of sp³-hybridized carbons (Fsp3) is 0.471. The fourth-order valence-corrected chi connectivity index (χ4v) is 5.21. The van der Waals surface area contributed by atoms with E-state index in [1.165, 1.54) is 38.6 Å². The van der Waals surface area contributed by atoms with Crippen LogP contribution >= 0.6 is 23.1 Å². The molecule has 0 unspecified atom stereocenters. The minimum absolute atomic E-state index is 0.160. The number of carbonyl (C=O) groups is 1. The Labute approximate surface area is 173 Å². The van der Waals surface area contributed by atoms with Crippen molar-refractivity contribution in [1.82, 2.24) is 14.5 Å². The first-order chi connectivity index (χ1) is 13.1. The van der Waals surface area contributed by atoms with Crippen LogP contribution in [-0.4, -0.2) is 55.3 Å². The molecular weight excluding hydrogens is 420 g/mol. The van der Waals surface area contributed by atoms with Crippen molar-refractivity contribution in [3.63, 3.8) is 0 Å². The number of sulfonamides is 1. The van der Waals surface area contributed by atoms with E-state index in [9.17, 15) is 13.2 Å². The largest absolute Gasteiger partial charge is 0.496 e. The second kappa shape index (κ2) is 9.68. The SMILES string of the molecule is COc1ccc(S(=O)(=O)N(C)C)cc1CCC(=O)Nc1nnc(SC(C)C)s1. The molecule has 0 atom stereocenters. The van der Waals surface area contributed by atoms with E-state index in [0.29, 0.717) is 28.1 Å². The lowest BCUT2D eigenvalue weighted by molar-refractivity contribution is -0.116.